The second-order valence-corrected chi connectivity index (χ2v) is 9.21. The van der Waals surface area contributed by atoms with Crippen LogP contribution >= 0.6 is 0 Å². The summed E-state index contributed by atoms with van der Waals surface area (Å²) in [5, 5.41) is 0. The minimum absolute atomic E-state index is 0.167. The second kappa shape index (κ2) is 8.99. The van der Waals surface area contributed by atoms with Crippen LogP contribution in [-0.4, -0.2) is 15.8 Å². The Kier molecular flexibility index (Phi) is 7.19. The average Bonchev–Trinajstić information content (AvgIpc) is 2.59. The molecule has 0 aromatic heterocycles. The van der Waals surface area contributed by atoms with E-state index in [1.54, 1.807) is 6.07 Å². The molecule has 0 bridgehead atoms. The molecule has 0 saturated carbocycles. The van der Waals surface area contributed by atoms with Crippen molar-refractivity contribution < 1.29 is 22.5 Å². The van der Waals surface area contributed by atoms with Gasteiger partial charge in [-0.15, -0.1) is 4.72 Å². The Hall–Kier alpha value is -1.70. The van der Waals surface area contributed by atoms with Gasteiger partial charge in [0, 0.05) is 17.9 Å². The first-order valence-corrected chi connectivity index (χ1v) is 9.74. The van der Waals surface area contributed by atoms with Crippen LogP contribution < -0.4 is 9.46 Å². The molecule has 27 heavy (non-hydrogen) atoms. The van der Waals surface area contributed by atoms with Crippen molar-refractivity contribution in [3.63, 3.8) is 0 Å². The monoisotopic (exact) mass is 399 g/mol. The Morgan fingerprint density at radius 3 is 2.26 bits per heavy atom. The van der Waals surface area contributed by atoms with Gasteiger partial charge in [-0.25, -0.2) is 0 Å². The molecule has 1 atom stereocenters. The number of hydrogen-bond acceptors (Lipinski definition) is 3. The number of benzene rings is 2. The molecule has 0 amide bonds. The highest BCUT2D eigenvalue weighted by atomic mass is 32.2. The number of halogens is 3. The fourth-order valence-corrected chi connectivity index (χ4v) is 3.02. The number of rotatable bonds is 7. The van der Waals surface area contributed by atoms with Crippen molar-refractivity contribution >= 4 is 11.4 Å². The SMILES string of the molecule is CC(C)(C)[S@@+]([O-])NCCc1cc(OCc2ccccc2)cc(C(F)(F)F)c1. The van der Waals surface area contributed by atoms with Gasteiger partial charge in [-0.3, -0.25) is 0 Å². The second-order valence-electron chi connectivity index (χ2n) is 7.16. The van der Waals surface area contributed by atoms with E-state index in [1.165, 1.54) is 0 Å². The van der Waals surface area contributed by atoms with Crippen LogP contribution in [0.2, 0.25) is 0 Å². The van der Waals surface area contributed by atoms with Gasteiger partial charge in [-0.1, -0.05) is 30.3 Å². The minimum Gasteiger partial charge on any atom is -0.598 e. The third-order valence-electron chi connectivity index (χ3n) is 3.74. The van der Waals surface area contributed by atoms with Gasteiger partial charge in [-0.05, 0) is 56.5 Å². The molecule has 0 aliphatic carbocycles. The van der Waals surface area contributed by atoms with E-state index >= 15 is 0 Å². The summed E-state index contributed by atoms with van der Waals surface area (Å²) in [6, 6.07) is 13.0. The molecule has 0 heterocycles. The quantitative estimate of drug-likeness (QED) is 0.675. The lowest BCUT2D eigenvalue weighted by atomic mass is 10.1. The van der Waals surface area contributed by atoms with Crippen molar-refractivity contribution in [3.05, 3.63) is 65.2 Å². The molecule has 0 fully saturated rings. The van der Waals surface area contributed by atoms with E-state index in [-0.39, 0.29) is 12.4 Å². The van der Waals surface area contributed by atoms with Crippen molar-refractivity contribution in [2.75, 3.05) is 6.54 Å². The van der Waals surface area contributed by atoms with E-state index in [9.17, 15) is 17.7 Å². The van der Waals surface area contributed by atoms with Gasteiger partial charge in [0.2, 0.25) is 0 Å². The van der Waals surface area contributed by atoms with Crippen molar-refractivity contribution in [3.8, 4) is 5.75 Å². The van der Waals surface area contributed by atoms with E-state index in [1.807, 2.05) is 51.1 Å². The molecule has 2 aromatic rings. The average molecular weight is 399 g/mol. The number of alkyl halides is 3. The van der Waals surface area contributed by atoms with E-state index in [0.717, 1.165) is 17.7 Å². The summed E-state index contributed by atoms with van der Waals surface area (Å²) in [6.07, 6.45) is -4.14. The third-order valence-corrected chi connectivity index (χ3v) is 5.32. The van der Waals surface area contributed by atoms with Crippen LogP contribution in [0.15, 0.2) is 48.5 Å². The van der Waals surface area contributed by atoms with Crippen molar-refractivity contribution in [1.82, 2.24) is 4.72 Å². The standard InChI is InChI=1S/C20H24F3NO2S/c1-19(2,3)27(25)24-10-9-16-11-17(20(21,22)23)13-18(12-16)26-14-15-7-5-4-6-8-15/h4-8,11-13,24H,9-10,14H2,1-3H3/t27-/m1/s1. The summed E-state index contributed by atoms with van der Waals surface area (Å²) in [5.41, 5.74) is 0.602. The zero-order chi connectivity index (χ0) is 20.1. The summed E-state index contributed by atoms with van der Waals surface area (Å²) in [4.78, 5) is 0. The van der Waals surface area contributed by atoms with Gasteiger partial charge in [0.1, 0.15) is 17.1 Å². The molecule has 0 radical (unpaired) electrons. The van der Waals surface area contributed by atoms with Gasteiger partial charge < -0.3 is 9.29 Å². The first kappa shape index (κ1) is 21.6. The number of hydrogen-bond donors (Lipinski definition) is 1. The summed E-state index contributed by atoms with van der Waals surface area (Å²) >= 11 is -1.27. The molecule has 3 nitrogen and oxygen atoms in total. The molecule has 0 saturated heterocycles. The smallest absolute Gasteiger partial charge is 0.416 e. The Labute approximate surface area is 161 Å². The molecule has 148 valence electrons. The fourth-order valence-electron chi connectivity index (χ4n) is 2.30. The maximum atomic E-state index is 13.2. The summed E-state index contributed by atoms with van der Waals surface area (Å²) in [6.45, 7) is 5.99. The van der Waals surface area contributed by atoms with Crippen LogP contribution in [0.3, 0.4) is 0 Å². The van der Waals surface area contributed by atoms with Crippen molar-refractivity contribution in [2.24, 2.45) is 0 Å². The Morgan fingerprint density at radius 2 is 1.67 bits per heavy atom. The Balaban J connectivity index is 2.09. The molecule has 0 aliphatic rings. The lowest BCUT2D eigenvalue weighted by molar-refractivity contribution is -0.137. The zero-order valence-corrected chi connectivity index (χ0v) is 16.4. The van der Waals surface area contributed by atoms with Gasteiger partial charge in [0.25, 0.3) is 0 Å². The lowest BCUT2D eigenvalue weighted by Gasteiger charge is -2.23. The van der Waals surface area contributed by atoms with Crippen LogP contribution in [-0.2, 0) is 30.6 Å². The molecule has 0 unspecified atom stereocenters. The molecule has 2 aromatic carbocycles. The van der Waals surface area contributed by atoms with Gasteiger partial charge in [-0.2, -0.15) is 13.2 Å². The predicted molar refractivity (Wildman–Crippen MR) is 102 cm³/mol. The molecule has 1 N–H and O–H groups in total. The topological polar surface area (TPSA) is 44.3 Å². The Bertz CT molecular complexity index is 730. The highest BCUT2D eigenvalue weighted by Crippen LogP contribution is 2.33. The van der Waals surface area contributed by atoms with E-state index in [2.05, 4.69) is 4.72 Å². The molecule has 0 aliphatic heterocycles. The predicted octanol–water partition coefficient (Wildman–Crippen LogP) is 4.88. The summed E-state index contributed by atoms with van der Waals surface area (Å²) in [7, 11) is 0. The van der Waals surface area contributed by atoms with Crippen LogP contribution in [0.1, 0.15) is 37.5 Å². The first-order valence-electron chi connectivity index (χ1n) is 8.59. The minimum atomic E-state index is -4.46. The van der Waals surface area contributed by atoms with E-state index in [4.69, 9.17) is 4.74 Å². The summed E-state index contributed by atoms with van der Waals surface area (Å²) < 4.78 is 59.6. The molecule has 0 spiro atoms. The van der Waals surface area contributed by atoms with Gasteiger partial charge >= 0.3 is 6.18 Å². The van der Waals surface area contributed by atoms with E-state index < -0.39 is 27.8 Å². The highest BCUT2D eigenvalue weighted by molar-refractivity contribution is 7.90. The molecular weight excluding hydrogens is 375 g/mol. The van der Waals surface area contributed by atoms with Crippen LogP contribution in [0, 0.1) is 0 Å². The first-order chi connectivity index (χ1) is 12.6. The normalized spacial score (nSPS) is 13.4. The van der Waals surface area contributed by atoms with E-state index in [0.29, 0.717) is 18.5 Å². The Morgan fingerprint density at radius 1 is 1.00 bits per heavy atom. The fraction of sp³-hybridized carbons (Fsp3) is 0.400. The lowest BCUT2D eigenvalue weighted by Crippen LogP contribution is -2.40. The van der Waals surface area contributed by atoms with Crippen LogP contribution in [0.4, 0.5) is 13.2 Å². The molecular formula is C20H24F3NO2S. The van der Waals surface area contributed by atoms with Crippen molar-refractivity contribution in [2.45, 2.75) is 44.7 Å². The largest absolute Gasteiger partial charge is 0.598 e. The third kappa shape index (κ3) is 7.08. The number of nitrogens with one attached hydrogen (secondary N) is 1. The van der Waals surface area contributed by atoms with Gasteiger partial charge in [0.05, 0.1) is 5.56 Å². The highest BCUT2D eigenvalue weighted by Gasteiger charge is 2.31. The molecule has 7 heteroatoms. The zero-order valence-electron chi connectivity index (χ0n) is 15.6. The summed E-state index contributed by atoms with van der Waals surface area (Å²) in [5.74, 6) is 0.167. The van der Waals surface area contributed by atoms with Gasteiger partial charge in [0.15, 0.2) is 0 Å². The number of ether oxygens (including phenoxy) is 1. The van der Waals surface area contributed by atoms with Crippen LogP contribution in [0.25, 0.3) is 0 Å². The maximum absolute atomic E-state index is 13.2. The maximum Gasteiger partial charge on any atom is 0.416 e. The molecule has 2 rings (SSSR count). The van der Waals surface area contributed by atoms with Crippen molar-refractivity contribution in [1.29, 1.82) is 0 Å². The van der Waals surface area contributed by atoms with Crippen LogP contribution in [0.5, 0.6) is 5.75 Å².